The summed E-state index contributed by atoms with van der Waals surface area (Å²) in [6.07, 6.45) is 0.731. The number of rotatable bonds is 3. The minimum atomic E-state index is -0.414. The van der Waals surface area contributed by atoms with Crippen LogP contribution in [0.1, 0.15) is 19.4 Å². The van der Waals surface area contributed by atoms with Crippen LogP contribution in [0.15, 0.2) is 30.3 Å². The molecular weight excluding hydrogens is 192 g/mol. The molecule has 0 N–H and O–H groups in total. The molecule has 76 valence electrons. The molecule has 0 radical (unpaired) electrons. The fourth-order valence-electron chi connectivity index (χ4n) is 1.45. The van der Waals surface area contributed by atoms with Gasteiger partial charge in [-0.2, -0.15) is 0 Å². The second-order valence-corrected chi connectivity index (χ2v) is 4.45. The Labute approximate surface area is 87.8 Å². The van der Waals surface area contributed by atoms with Gasteiger partial charge in [0.15, 0.2) is 0 Å². The van der Waals surface area contributed by atoms with Crippen LogP contribution in [0.25, 0.3) is 0 Å². The van der Waals surface area contributed by atoms with Gasteiger partial charge in [-0.3, -0.25) is 4.79 Å². The molecule has 0 aromatic heterocycles. The van der Waals surface area contributed by atoms with E-state index in [9.17, 15) is 4.79 Å². The SMILES string of the molecule is CC(C)(Cc1ccccc1)C(=O)O[SiH3]. The van der Waals surface area contributed by atoms with Crippen molar-refractivity contribution in [3.63, 3.8) is 0 Å². The van der Waals surface area contributed by atoms with Crippen LogP contribution in [-0.4, -0.2) is 16.5 Å². The van der Waals surface area contributed by atoms with Gasteiger partial charge >= 0.3 is 0 Å². The van der Waals surface area contributed by atoms with Crippen LogP contribution in [-0.2, 0) is 15.6 Å². The van der Waals surface area contributed by atoms with E-state index in [-0.39, 0.29) is 5.97 Å². The molecule has 3 heteroatoms. The third-order valence-electron chi connectivity index (χ3n) is 2.23. The van der Waals surface area contributed by atoms with Crippen LogP contribution in [0.2, 0.25) is 0 Å². The third-order valence-corrected chi connectivity index (χ3v) is 2.60. The van der Waals surface area contributed by atoms with Crippen molar-refractivity contribution in [3.05, 3.63) is 35.9 Å². The first-order valence-electron chi connectivity index (χ1n) is 4.68. The van der Waals surface area contributed by atoms with Gasteiger partial charge in [-0.25, -0.2) is 0 Å². The number of benzene rings is 1. The van der Waals surface area contributed by atoms with E-state index in [0.29, 0.717) is 10.5 Å². The summed E-state index contributed by atoms with van der Waals surface area (Å²) in [6.45, 7) is 3.83. The highest BCUT2D eigenvalue weighted by Gasteiger charge is 2.28. The molecule has 0 unspecified atom stereocenters. The molecule has 0 saturated heterocycles. The minimum Gasteiger partial charge on any atom is -0.528 e. The predicted molar refractivity (Wildman–Crippen MR) is 60.0 cm³/mol. The first-order valence-corrected chi connectivity index (χ1v) is 5.50. The maximum atomic E-state index is 11.5. The molecule has 0 saturated carbocycles. The molecule has 0 bridgehead atoms. The van der Waals surface area contributed by atoms with Crippen molar-refractivity contribution in [1.29, 1.82) is 0 Å². The van der Waals surface area contributed by atoms with Gasteiger partial charge in [0.25, 0.3) is 5.97 Å². The summed E-state index contributed by atoms with van der Waals surface area (Å²) in [5.74, 6) is -0.104. The lowest BCUT2D eigenvalue weighted by Crippen LogP contribution is -2.28. The van der Waals surface area contributed by atoms with Gasteiger partial charge in [-0.05, 0) is 25.8 Å². The van der Waals surface area contributed by atoms with Crippen molar-refractivity contribution in [2.45, 2.75) is 20.3 Å². The summed E-state index contributed by atoms with van der Waals surface area (Å²) in [5, 5.41) is 0. The van der Waals surface area contributed by atoms with Crippen LogP contribution in [0, 0.1) is 5.41 Å². The zero-order valence-electron chi connectivity index (χ0n) is 8.91. The Morgan fingerprint density at radius 3 is 2.43 bits per heavy atom. The summed E-state index contributed by atoms with van der Waals surface area (Å²) in [6, 6.07) is 10.0. The number of hydrogen-bond acceptors (Lipinski definition) is 2. The van der Waals surface area contributed by atoms with Crippen molar-refractivity contribution in [2.24, 2.45) is 5.41 Å². The summed E-state index contributed by atoms with van der Waals surface area (Å²) in [4.78, 5) is 11.5. The van der Waals surface area contributed by atoms with E-state index in [1.54, 1.807) is 0 Å². The van der Waals surface area contributed by atoms with Crippen LogP contribution in [0.3, 0.4) is 0 Å². The molecule has 0 aliphatic carbocycles. The molecule has 0 aliphatic heterocycles. The monoisotopic (exact) mass is 208 g/mol. The van der Waals surface area contributed by atoms with Crippen molar-refractivity contribution >= 4 is 16.5 Å². The Hall–Kier alpha value is -1.09. The highest BCUT2D eigenvalue weighted by atomic mass is 28.2. The molecule has 1 rings (SSSR count). The summed E-state index contributed by atoms with van der Waals surface area (Å²) in [7, 11) is 0.471. The molecule has 14 heavy (non-hydrogen) atoms. The second-order valence-electron chi connectivity index (χ2n) is 4.04. The summed E-state index contributed by atoms with van der Waals surface area (Å²) < 4.78 is 4.89. The van der Waals surface area contributed by atoms with E-state index in [2.05, 4.69) is 0 Å². The van der Waals surface area contributed by atoms with E-state index in [1.807, 2.05) is 44.2 Å². The van der Waals surface area contributed by atoms with E-state index in [1.165, 1.54) is 5.56 Å². The van der Waals surface area contributed by atoms with E-state index in [4.69, 9.17) is 4.43 Å². The first-order chi connectivity index (χ1) is 6.56. The van der Waals surface area contributed by atoms with Gasteiger partial charge in [0.05, 0.1) is 5.41 Å². The zero-order chi connectivity index (χ0) is 10.6. The number of carbonyl (C=O) groups excluding carboxylic acids is 1. The Balaban J connectivity index is 2.73. The lowest BCUT2D eigenvalue weighted by atomic mass is 9.86. The van der Waals surface area contributed by atoms with Crippen LogP contribution in [0.4, 0.5) is 0 Å². The van der Waals surface area contributed by atoms with Crippen LogP contribution in [0.5, 0.6) is 0 Å². The predicted octanol–water partition coefficient (Wildman–Crippen LogP) is 1.08. The fourth-order valence-corrected chi connectivity index (χ4v) is 2.01. The highest BCUT2D eigenvalue weighted by molar-refractivity contribution is 6.06. The lowest BCUT2D eigenvalue weighted by Gasteiger charge is -2.21. The molecular formula is C11H16O2Si. The average Bonchev–Trinajstić information content (AvgIpc) is 2.17. The minimum absolute atomic E-state index is 0.104. The van der Waals surface area contributed by atoms with Crippen molar-refractivity contribution in [2.75, 3.05) is 0 Å². The smallest absolute Gasteiger partial charge is 0.297 e. The van der Waals surface area contributed by atoms with Crippen molar-refractivity contribution in [3.8, 4) is 0 Å². The fraction of sp³-hybridized carbons (Fsp3) is 0.364. The van der Waals surface area contributed by atoms with E-state index < -0.39 is 5.41 Å². The maximum absolute atomic E-state index is 11.5. The quantitative estimate of drug-likeness (QED) is 0.695. The summed E-state index contributed by atoms with van der Waals surface area (Å²) >= 11 is 0. The molecule has 0 heterocycles. The molecule has 1 aromatic rings. The molecule has 0 amide bonds. The number of carbonyl (C=O) groups is 1. The molecule has 0 aliphatic rings. The van der Waals surface area contributed by atoms with Gasteiger partial charge in [0, 0.05) is 0 Å². The van der Waals surface area contributed by atoms with Crippen LogP contribution < -0.4 is 0 Å². The standard InChI is InChI=1S/C11H16O2Si/c1-11(2,10(12)13-14)8-9-6-4-3-5-7-9/h3-7H,8H2,1-2,14H3. The van der Waals surface area contributed by atoms with Crippen molar-refractivity contribution in [1.82, 2.24) is 0 Å². The molecule has 1 aromatic carbocycles. The maximum Gasteiger partial charge on any atom is 0.297 e. The number of hydrogen-bond donors (Lipinski definition) is 0. The van der Waals surface area contributed by atoms with Gasteiger partial charge < -0.3 is 4.43 Å². The molecule has 0 fully saturated rings. The van der Waals surface area contributed by atoms with Crippen molar-refractivity contribution < 1.29 is 9.22 Å². The zero-order valence-corrected chi connectivity index (χ0v) is 10.9. The summed E-state index contributed by atoms with van der Waals surface area (Å²) in [5.41, 5.74) is 0.757. The van der Waals surface area contributed by atoms with Gasteiger partial charge in [-0.15, -0.1) is 0 Å². The molecule has 2 nitrogen and oxygen atoms in total. The lowest BCUT2D eigenvalue weighted by molar-refractivity contribution is -0.143. The van der Waals surface area contributed by atoms with Gasteiger partial charge in [0.1, 0.15) is 0 Å². The second kappa shape index (κ2) is 4.42. The topological polar surface area (TPSA) is 26.3 Å². The average molecular weight is 208 g/mol. The Kier molecular flexibility index (Phi) is 3.47. The Morgan fingerprint density at radius 2 is 1.93 bits per heavy atom. The Bertz CT molecular complexity index is 306. The highest BCUT2D eigenvalue weighted by Crippen LogP contribution is 2.22. The van der Waals surface area contributed by atoms with E-state index in [0.717, 1.165) is 6.42 Å². The van der Waals surface area contributed by atoms with Crippen LogP contribution >= 0.6 is 0 Å². The van der Waals surface area contributed by atoms with Gasteiger partial charge in [0.2, 0.25) is 10.5 Å². The third kappa shape index (κ3) is 2.70. The molecule has 0 spiro atoms. The Morgan fingerprint density at radius 1 is 1.36 bits per heavy atom. The largest absolute Gasteiger partial charge is 0.528 e. The molecule has 0 atom stereocenters. The van der Waals surface area contributed by atoms with Gasteiger partial charge in [-0.1, -0.05) is 30.3 Å². The van der Waals surface area contributed by atoms with E-state index >= 15 is 0 Å². The first kappa shape index (κ1) is 11.0. The normalized spacial score (nSPS) is 11.3.